The van der Waals surface area contributed by atoms with Crippen LogP contribution >= 0.6 is 0 Å². The normalized spacial score (nSPS) is 21.2. The number of ether oxygens (including phenoxy) is 1. The van der Waals surface area contributed by atoms with Gasteiger partial charge < -0.3 is 25.2 Å². The number of guanidine groups is 1. The molecule has 0 saturated carbocycles. The zero-order valence-electron chi connectivity index (χ0n) is 16.3. The summed E-state index contributed by atoms with van der Waals surface area (Å²) in [6, 6.07) is 0. The van der Waals surface area contributed by atoms with Crippen LogP contribution in [0, 0.1) is 5.92 Å². The Kier molecular flexibility index (Phi) is 8.15. The number of amides is 2. The Balaban J connectivity index is 1.80. The number of hydrogen-bond donors (Lipinski definition) is 2. The van der Waals surface area contributed by atoms with Gasteiger partial charge in [-0.15, -0.1) is 0 Å². The molecule has 148 valence electrons. The van der Waals surface area contributed by atoms with E-state index < -0.39 is 0 Å². The van der Waals surface area contributed by atoms with Gasteiger partial charge in [0.2, 0.25) is 5.91 Å². The molecule has 1 atom stereocenters. The molecule has 1 unspecified atom stereocenters. The number of carbonyl (C=O) groups is 2. The second kappa shape index (κ2) is 10.4. The average molecular weight is 367 g/mol. The average Bonchev–Trinajstić information content (AvgIpc) is 3.18. The number of nitrogens with zero attached hydrogens (tertiary/aromatic N) is 3. The predicted octanol–water partition coefficient (Wildman–Crippen LogP) is 0.0473. The molecule has 2 rings (SSSR count). The van der Waals surface area contributed by atoms with Gasteiger partial charge >= 0.3 is 0 Å². The first-order valence-electron chi connectivity index (χ1n) is 9.74. The molecule has 2 aliphatic rings. The molecular weight excluding hydrogens is 334 g/mol. The summed E-state index contributed by atoms with van der Waals surface area (Å²) in [5.74, 6) is 1.00. The Morgan fingerprint density at radius 3 is 2.42 bits per heavy atom. The van der Waals surface area contributed by atoms with Gasteiger partial charge in [-0.05, 0) is 19.8 Å². The lowest BCUT2D eigenvalue weighted by molar-refractivity contribution is -0.142. The van der Waals surface area contributed by atoms with Crippen LogP contribution in [-0.2, 0) is 14.3 Å². The van der Waals surface area contributed by atoms with Crippen molar-refractivity contribution < 1.29 is 14.3 Å². The van der Waals surface area contributed by atoms with Crippen molar-refractivity contribution in [1.82, 2.24) is 20.4 Å². The quantitative estimate of drug-likeness (QED) is 0.394. The third-order valence-corrected chi connectivity index (χ3v) is 4.63. The molecule has 2 amide bonds. The molecule has 0 radical (unpaired) electrons. The number of piperazine rings is 1. The van der Waals surface area contributed by atoms with Crippen molar-refractivity contribution >= 4 is 17.8 Å². The van der Waals surface area contributed by atoms with Crippen LogP contribution in [0.15, 0.2) is 4.99 Å². The Morgan fingerprint density at radius 2 is 1.85 bits per heavy atom. The maximum absolute atomic E-state index is 12.4. The van der Waals surface area contributed by atoms with Gasteiger partial charge in [-0.3, -0.25) is 14.6 Å². The first-order chi connectivity index (χ1) is 12.5. The van der Waals surface area contributed by atoms with Crippen molar-refractivity contribution in [3.8, 4) is 0 Å². The Hall–Kier alpha value is -1.83. The summed E-state index contributed by atoms with van der Waals surface area (Å²) in [6.07, 6.45) is 1.57. The van der Waals surface area contributed by atoms with Crippen molar-refractivity contribution in [2.24, 2.45) is 10.9 Å². The first kappa shape index (κ1) is 20.5. The summed E-state index contributed by atoms with van der Waals surface area (Å²) >= 11 is 0. The van der Waals surface area contributed by atoms with E-state index in [0.717, 1.165) is 38.4 Å². The Bertz CT molecular complexity index is 495. The highest BCUT2D eigenvalue weighted by Gasteiger charge is 2.30. The fourth-order valence-electron chi connectivity index (χ4n) is 3.09. The smallest absolute Gasteiger partial charge is 0.251 e. The van der Waals surface area contributed by atoms with Crippen LogP contribution in [-0.4, -0.2) is 86.1 Å². The van der Waals surface area contributed by atoms with Gasteiger partial charge in [0.05, 0.1) is 6.54 Å². The molecular formula is C18H33N5O3. The zero-order valence-corrected chi connectivity index (χ0v) is 16.3. The molecule has 26 heavy (non-hydrogen) atoms. The van der Waals surface area contributed by atoms with Crippen LogP contribution in [0.5, 0.6) is 0 Å². The van der Waals surface area contributed by atoms with Crippen molar-refractivity contribution in [1.29, 1.82) is 0 Å². The van der Waals surface area contributed by atoms with E-state index in [-0.39, 0.29) is 23.8 Å². The second-order valence-corrected chi connectivity index (χ2v) is 7.00. The van der Waals surface area contributed by atoms with Crippen LogP contribution < -0.4 is 10.6 Å². The van der Waals surface area contributed by atoms with Crippen LogP contribution in [0.2, 0.25) is 0 Å². The summed E-state index contributed by atoms with van der Waals surface area (Å²) in [6.45, 7) is 11.2. The molecule has 0 bridgehead atoms. The summed E-state index contributed by atoms with van der Waals surface area (Å²) in [7, 11) is 0. The summed E-state index contributed by atoms with van der Waals surface area (Å²) in [4.78, 5) is 32.7. The first-order valence-corrected chi connectivity index (χ1v) is 9.74. The van der Waals surface area contributed by atoms with Gasteiger partial charge in [0.1, 0.15) is 6.10 Å². The van der Waals surface area contributed by atoms with Gasteiger partial charge in [0, 0.05) is 51.8 Å². The van der Waals surface area contributed by atoms with Crippen LogP contribution in [0.3, 0.4) is 0 Å². The van der Waals surface area contributed by atoms with E-state index in [1.807, 2.05) is 25.7 Å². The fourth-order valence-corrected chi connectivity index (χ4v) is 3.09. The number of aliphatic imine (C=N–C) groups is 1. The Morgan fingerprint density at radius 1 is 1.15 bits per heavy atom. The molecule has 2 aliphatic heterocycles. The molecule has 8 heteroatoms. The third-order valence-electron chi connectivity index (χ3n) is 4.63. The van der Waals surface area contributed by atoms with E-state index in [2.05, 4.69) is 20.5 Å². The van der Waals surface area contributed by atoms with Crippen LogP contribution in [0.4, 0.5) is 0 Å². The van der Waals surface area contributed by atoms with E-state index in [4.69, 9.17) is 4.74 Å². The highest BCUT2D eigenvalue weighted by molar-refractivity contribution is 5.83. The molecule has 0 aromatic carbocycles. The molecule has 2 N–H and O–H groups in total. The predicted molar refractivity (Wildman–Crippen MR) is 101 cm³/mol. The fraction of sp³-hybridized carbons (Fsp3) is 0.833. The number of carbonyl (C=O) groups excluding carboxylic acids is 2. The molecule has 2 saturated heterocycles. The second-order valence-electron chi connectivity index (χ2n) is 7.00. The third kappa shape index (κ3) is 5.86. The van der Waals surface area contributed by atoms with Crippen molar-refractivity contribution in [3.05, 3.63) is 0 Å². The lowest BCUT2D eigenvalue weighted by atomic mass is 10.2. The van der Waals surface area contributed by atoms with Gasteiger partial charge in [-0.1, -0.05) is 13.8 Å². The monoisotopic (exact) mass is 367 g/mol. The molecule has 8 nitrogen and oxygen atoms in total. The summed E-state index contributed by atoms with van der Waals surface area (Å²) in [5.41, 5.74) is 0. The number of rotatable bonds is 6. The van der Waals surface area contributed by atoms with Gasteiger partial charge in [0.15, 0.2) is 5.96 Å². The highest BCUT2D eigenvalue weighted by Crippen LogP contribution is 2.16. The lowest BCUT2D eigenvalue weighted by Crippen LogP contribution is -2.55. The molecule has 0 aliphatic carbocycles. The summed E-state index contributed by atoms with van der Waals surface area (Å²) < 4.78 is 5.51. The largest absolute Gasteiger partial charge is 0.368 e. The van der Waals surface area contributed by atoms with Crippen molar-refractivity contribution in [2.75, 3.05) is 52.4 Å². The summed E-state index contributed by atoms with van der Waals surface area (Å²) in [5, 5.41) is 6.17. The SMILES string of the molecule is CCNC(=NCCNC(=O)C(C)C)N1CCN(C(=O)C2CCCO2)CC1. The Labute approximate surface area is 156 Å². The number of nitrogens with one attached hydrogen (secondary N) is 2. The maximum atomic E-state index is 12.4. The standard InChI is InChI=1S/C18H33N5O3/c1-4-19-18(21-8-7-20-16(24)14(2)3)23-11-9-22(10-12-23)17(25)15-6-5-13-26-15/h14-15H,4-13H2,1-3H3,(H,19,21)(H,20,24). The van der Waals surface area contributed by atoms with Gasteiger partial charge in [-0.25, -0.2) is 0 Å². The van der Waals surface area contributed by atoms with Crippen molar-refractivity contribution in [3.63, 3.8) is 0 Å². The lowest BCUT2D eigenvalue weighted by Gasteiger charge is -2.37. The molecule has 2 heterocycles. The van der Waals surface area contributed by atoms with Gasteiger partial charge in [-0.2, -0.15) is 0 Å². The maximum Gasteiger partial charge on any atom is 0.251 e. The van der Waals surface area contributed by atoms with E-state index in [1.165, 1.54) is 0 Å². The van der Waals surface area contributed by atoms with Crippen LogP contribution in [0.1, 0.15) is 33.6 Å². The minimum Gasteiger partial charge on any atom is -0.368 e. The van der Waals surface area contributed by atoms with Crippen molar-refractivity contribution in [2.45, 2.75) is 39.7 Å². The molecule has 2 fully saturated rings. The number of hydrogen-bond acceptors (Lipinski definition) is 4. The zero-order chi connectivity index (χ0) is 18.9. The minimum atomic E-state index is -0.243. The van der Waals surface area contributed by atoms with E-state index in [0.29, 0.717) is 32.8 Å². The van der Waals surface area contributed by atoms with Crippen LogP contribution in [0.25, 0.3) is 0 Å². The molecule has 0 aromatic heterocycles. The van der Waals surface area contributed by atoms with E-state index >= 15 is 0 Å². The molecule has 0 spiro atoms. The van der Waals surface area contributed by atoms with Gasteiger partial charge in [0.25, 0.3) is 5.91 Å². The van der Waals surface area contributed by atoms with E-state index in [1.54, 1.807) is 0 Å². The minimum absolute atomic E-state index is 0.0123. The highest BCUT2D eigenvalue weighted by atomic mass is 16.5. The molecule has 0 aromatic rings. The van der Waals surface area contributed by atoms with E-state index in [9.17, 15) is 9.59 Å². The topological polar surface area (TPSA) is 86.3 Å².